The van der Waals surface area contributed by atoms with Crippen molar-refractivity contribution < 1.29 is 0 Å². The van der Waals surface area contributed by atoms with E-state index in [1.807, 2.05) is 0 Å². The van der Waals surface area contributed by atoms with Crippen LogP contribution in [0, 0.1) is 0 Å². The Hall–Kier alpha value is -6.90. The van der Waals surface area contributed by atoms with Crippen LogP contribution in [0.4, 0.5) is 11.4 Å². The second kappa shape index (κ2) is 11.3. The summed E-state index contributed by atoms with van der Waals surface area (Å²) in [7, 11) is 0. The highest BCUT2D eigenvalue weighted by molar-refractivity contribution is 6.26. The van der Waals surface area contributed by atoms with Gasteiger partial charge in [0.15, 0.2) is 0 Å². The Labute approximate surface area is 300 Å². The molecule has 0 atom stereocenters. The number of rotatable bonds is 2. The van der Waals surface area contributed by atoms with E-state index in [1.54, 1.807) is 0 Å². The topological polar surface area (TPSA) is 24.7 Å². The van der Waals surface area contributed by atoms with Crippen LogP contribution in [-0.2, 0) is 0 Å². The van der Waals surface area contributed by atoms with E-state index >= 15 is 0 Å². The van der Waals surface area contributed by atoms with Crippen molar-refractivity contribution in [2.24, 2.45) is 9.98 Å². The zero-order valence-corrected chi connectivity index (χ0v) is 28.2. The zero-order valence-electron chi connectivity index (χ0n) is 28.2. The van der Waals surface area contributed by atoms with E-state index in [-0.39, 0.29) is 0 Å². The highest BCUT2D eigenvalue weighted by Gasteiger charge is 2.22. The highest BCUT2D eigenvalue weighted by atomic mass is 14.8. The lowest BCUT2D eigenvalue weighted by Crippen LogP contribution is -2.10. The van der Waals surface area contributed by atoms with E-state index in [1.165, 1.54) is 43.1 Å². The van der Waals surface area contributed by atoms with E-state index in [0.717, 1.165) is 66.6 Å². The van der Waals surface area contributed by atoms with E-state index in [2.05, 4.69) is 182 Å². The molecule has 0 aliphatic carbocycles. The van der Waals surface area contributed by atoms with Crippen LogP contribution < -0.4 is 0 Å². The van der Waals surface area contributed by atoms with E-state index in [0.29, 0.717) is 0 Å². The molecule has 10 aromatic rings. The quantitative estimate of drug-likeness (QED) is 0.165. The third-order valence-corrected chi connectivity index (χ3v) is 10.7. The van der Waals surface area contributed by atoms with Gasteiger partial charge in [0.1, 0.15) is 0 Å². The predicted molar refractivity (Wildman–Crippen MR) is 221 cm³/mol. The summed E-state index contributed by atoms with van der Waals surface area (Å²) in [5.41, 5.74) is 7.81. The first-order valence-corrected chi connectivity index (χ1v) is 17.8. The average Bonchev–Trinajstić information content (AvgIpc) is 3.20. The molecule has 0 N–H and O–H groups in total. The highest BCUT2D eigenvalue weighted by Crippen LogP contribution is 2.39. The van der Waals surface area contributed by atoms with Gasteiger partial charge in [0, 0.05) is 22.3 Å². The minimum Gasteiger partial charge on any atom is -0.247 e. The molecule has 0 radical (unpaired) electrons. The number of hydrogen-bond acceptors (Lipinski definition) is 2. The molecule has 0 aromatic heterocycles. The molecular weight excluding hydrogens is 629 g/mol. The van der Waals surface area contributed by atoms with Crippen molar-refractivity contribution in [2.45, 2.75) is 0 Å². The van der Waals surface area contributed by atoms with E-state index in [9.17, 15) is 0 Å². The van der Waals surface area contributed by atoms with Crippen LogP contribution in [0.5, 0.6) is 0 Å². The van der Waals surface area contributed by atoms with Crippen LogP contribution in [0.3, 0.4) is 0 Å². The summed E-state index contributed by atoms with van der Waals surface area (Å²) in [5, 5.41) is 14.5. The molecule has 2 heteroatoms. The van der Waals surface area contributed by atoms with E-state index < -0.39 is 0 Å². The SMILES string of the molecule is c1ccc2cc3c(cc2c1)N=C(c1ccc2c(ccc4ccccc42)c1)c1cc2ccccc2cc1N=C3c1ccc2c(ccc3ccccc32)c1. The van der Waals surface area contributed by atoms with Gasteiger partial charge in [-0.3, -0.25) is 0 Å². The Kier molecular flexibility index (Phi) is 6.28. The van der Waals surface area contributed by atoms with Crippen molar-refractivity contribution in [3.8, 4) is 0 Å². The van der Waals surface area contributed by atoms with Crippen LogP contribution in [0.1, 0.15) is 22.3 Å². The van der Waals surface area contributed by atoms with Crippen molar-refractivity contribution in [1.29, 1.82) is 0 Å². The van der Waals surface area contributed by atoms with Crippen LogP contribution >= 0.6 is 0 Å². The smallest absolute Gasteiger partial charge is 0.0803 e. The van der Waals surface area contributed by atoms with Crippen LogP contribution in [0.25, 0.3) is 64.6 Å². The second-order valence-electron chi connectivity index (χ2n) is 13.8. The molecule has 0 bridgehead atoms. The molecule has 1 heterocycles. The number of fused-ring (bicyclic) bond motifs is 10. The van der Waals surface area contributed by atoms with Crippen LogP contribution in [0.15, 0.2) is 192 Å². The lowest BCUT2D eigenvalue weighted by atomic mass is 9.91. The molecule has 0 amide bonds. The molecule has 0 spiro atoms. The summed E-state index contributed by atoms with van der Waals surface area (Å²) >= 11 is 0. The van der Waals surface area contributed by atoms with Crippen molar-refractivity contribution >= 4 is 87.4 Å². The molecular formula is C50H30N2. The maximum Gasteiger partial charge on any atom is 0.0803 e. The van der Waals surface area contributed by atoms with Crippen molar-refractivity contribution in [2.75, 3.05) is 0 Å². The van der Waals surface area contributed by atoms with Gasteiger partial charge in [-0.1, -0.05) is 146 Å². The van der Waals surface area contributed by atoms with Gasteiger partial charge in [-0.15, -0.1) is 0 Å². The maximum atomic E-state index is 5.65. The maximum absolute atomic E-state index is 5.65. The molecule has 1 aliphatic heterocycles. The standard InChI is InChI=1S/C50H30N2/c1-3-13-35-29-47-45(27-33(35)11-1)49(39-21-23-43-37(25-39)19-17-31-9-5-7-15-41(31)43)52-48-30-36-14-4-2-12-34(36)28-46(48)50(51-47)40-22-24-44-38(26-40)20-18-32-10-6-8-16-42(32)44/h1-30H. The number of hydrogen-bond donors (Lipinski definition) is 0. The van der Waals surface area contributed by atoms with Gasteiger partial charge in [0.05, 0.1) is 22.8 Å². The molecule has 2 nitrogen and oxygen atoms in total. The predicted octanol–water partition coefficient (Wildman–Crippen LogP) is 13.3. The zero-order chi connectivity index (χ0) is 34.2. The molecule has 11 rings (SSSR count). The minimum atomic E-state index is 0.906. The summed E-state index contributed by atoms with van der Waals surface area (Å²) in [6.07, 6.45) is 0. The molecule has 0 saturated carbocycles. The molecule has 10 aromatic carbocycles. The Bertz CT molecular complexity index is 2970. The Morgan fingerprint density at radius 3 is 1.04 bits per heavy atom. The van der Waals surface area contributed by atoms with Gasteiger partial charge in [0.2, 0.25) is 0 Å². The fourth-order valence-corrected chi connectivity index (χ4v) is 8.14. The molecule has 1 aliphatic rings. The van der Waals surface area contributed by atoms with Gasteiger partial charge in [-0.05, 0) is 101 Å². The van der Waals surface area contributed by atoms with Crippen LogP contribution in [0.2, 0.25) is 0 Å². The van der Waals surface area contributed by atoms with Gasteiger partial charge >= 0.3 is 0 Å². The van der Waals surface area contributed by atoms with Gasteiger partial charge < -0.3 is 0 Å². The first-order chi connectivity index (χ1) is 25.7. The molecule has 52 heavy (non-hydrogen) atoms. The lowest BCUT2D eigenvalue weighted by molar-refractivity contribution is 1.41. The van der Waals surface area contributed by atoms with Crippen molar-refractivity contribution in [3.05, 3.63) is 204 Å². The largest absolute Gasteiger partial charge is 0.247 e. The third-order valence-electron chi connectivity index (χ3n) is 10.7. The van der Waals surface area contributed by atoms with Gasteiger partial charge in [0.25, 0.3) is 0 Å². The van der Waals surface area contributed by atoms with Gasteiger partial charge in [-0.25, -0.2) is 9.98 Å². The normalized spacial score (nSPS) is 12.8. The molecule has 240 valence electrons. The Balaban J connectivity index is 1.21. The summed E-state index contributed by atoms with van der Waals surface area (Å²) in [6.45, 7) is 0. The molecule has 0 fully saturated rings. The number of aliphatic imine (C=N–C) groups is 2. The summed E-state index contributed by atoms with van der Waals surface area (Å²) in [6, 6.07) is 65.7. The number of benzene rings is 10. The fourth-order valence-electron chi connectivity index (χ4n) is 8.14. The number of nitrogens with zero attached hydrogens (tertiary/aromatic N) is 2. The minimum absolute atomic E-state index is 0.906. The van der Waals surface area contributed by atoms with Crippen LogP contribution in [-0.4, -0.2) is 11.4 Å². The Morgan fingerprint density at radius 1 is 0.250 bits per heavy atom. The summed E-state index contributed by atoms with van der Waals surface area (Å²) in [4.78, 5) is 11.3. The average molecular weight is 659 g/mol. The van der Waals surface area contributed by atoms with Crippen molar-refractivity contribution in [3.63, 3.8) is 0 Å². The van der Waals surface area contributed by atoms with Crippen molar-refractivity contribution in [1.82, 2.24) is 0 Å². The first kappa shape index (κ1) is 28.9. The molecule has 0 unspecified atom stereocenters. The monoisotopic (exact) mass is 658 g/mol. The second-order valence-corrected chi connectivity index (χ2v) is 13.8. The lowest BCUT2D eigenvalue weighted by Gasteiger charge is -2.20. The summed E-state index contributed by atoms with van der Waals surface area (Å²) < 4.78 is 0. The van der Waals surface area contributed by atoms with E-state index in [4.69, 9.17) is 9.98 Å². The third kappa shape index (κ3) is 4.58. The molecule has 0 saturated heterocycles. The first-order valence-electron chi connectivity index (χ1n) is 17.8. The fraction of sp³-hybridized carbons (Fsp3) is 0. The van der Waals surface area contributed by atoms with Gasteiger partial charge in [-0.2, -0.15) is 0 Å². The summed E-state index contributed by atoms with van der Waals surface area (Å²) in [5.74, 6) is 0. The Morgan fingerprint density at radius 2 is 0.596 bits per heavy atom.